The highest BCUT2D eigenvalue weighted by Gasteiger charge is 2.30. The summed E-state index contributed by atoms with van der Waals surface area (Å²) in [6.07, 6.45) is 0.587. The fourth-order valence-electron chi connectivity index (χ4n) is 3.88. The highest BCUT2D eigenvalue weighted by Crippen LogP contribution is 2.39. The molecule has 5 aromatic rings. The van der Waals surface area contributed by atoms with Crippen molar-refractivity contribution in [3.05, 3.63) is 95.3 Å². The molecule has 0 spiro atoms. The van der Waals surface area contributed by atoms with Crippen LogP contribution in [0.15, 0.2) is 83.3 Å². The fraction of sp³-hybridized carbons (Fsp3) is 0.120. The zero-order chi connectivity index (χ0) is 21.4. The van der Waals surface area contributed by atoms with E-state index in [0.717, 1.165) is 33.3 Å². The monoisotopic (exact) mass is 428 g/mol. The van der Waals surface area contributed by atoms with Crippen molar-refractivity contribution >= 4 is 22.5 Å². The van der Waals surface area contributed by atoms with Gasteiger partial charge in [0.15, 0.2) is 0 Å². The van der Waals surface area contributed by atoms with Crippen molar-refractivity contribution in [2.24, 2.45) is 5.73 Å². The molecule has 154 valence electrons. The van der Waals surface area contributed by atoms with Crippen LogP contribution >= 0.6 is 11.6 Å². The number of fused-ring (bicyclic) bond motifs is 1. The van der Waals surface area contributed by atoms with Crippen LogP contribution < -0.4 is 5.73 Å². The van der Waals surface area contributed by atoms with Gasteiger partial charge in [-0.2, -0.15) is 0 Å². The molecule has 0 aliphatic heterocycles. The molecule has 6 heteroatoms. The van der Waals surface area contributed by atoms with Gasteiger partial charge in [-0.05, 0) is 42.7 Å². The number of hydrogen-bond donors (Lipinski definition) is 2. The topological polar surface area (TPSA) is 80.7 Å². The first kappa shape index (κ1) is 19.5. The number of nitrogens with two attached hydrogens (primary N) is 1. The summed E-state index contributed by atoms with van der Waals surface area (Å²) in [5.41, 5.74) is 10.6. The third-order valence-electron chi connectivity index (χ3n) is 5.36. The molecule has 5 nitrogen and oxygen atoms in total. The second-order valence-corrected chi connectivity index (χ2v) is 8.36. The Morgan fingerprint density at radius 3 is 2.42 bits per heavy atom. The summed E-state index contributed by atoms with van der Waals surface area (Å²) in [5.74, 6) is 0.785. The summed E-state index contributed by atoms with van der Waals surface area (Å²) < 4.78 is 6.12. The van der Waals surface area contributed by atoms with Crippen LogP contribution in [0.3, 0.4) is 0 Å². The summed E-state index contributed by atoms with van der Waals surface area (Å²) in [6, 6.07) is 25.9. The minimum absolute atomic E-state index is 0.391. The molecule has 3 aromatic carbocycles. The third kappa shape index (κ3) is 3.74. The number of benzene rings is 3. The molecule has 0 bridgehead atoms. The largest absolute Gasteiger partial charge is 0.417 e. The Morgan fingerprint density at radius 1 is 0.968 bits per heavy atom. The van der Waals surface area contributed by atoms with Crippen LogP contribution in [0.1, 0.15) is 18.4 Å². The molecule has 0 amide bonds. The number of halogens is 1. The SMILES string of the molecule is C[C@@](N)(Cc1ccccc1)c1nnc(-c2[nH]c3ccc(Cl)cc3c2-c2ccccc2)o1. The smallest absolute Gasteiger partial charge is 0.264 e. The molecule has 5 rings (SSSR count). The molecule has 0 radical (unpaired) electrons. The number of aromatic nitrogens is 3. The maximum Gasteiger partial charge on any atom is 0.264 e. The predicted molar refractivity (Wildman–Crippen MR) is 124 cm³/mol. The summed E-state index contributed by atoms with van der Waals surface area (Å²) in [7, 11) is 0. The van der Waals surface area contributed by atoms with Gasteiger partial charge in [-0.25, -0.2) is 0 Å². The third-order valence-corrected chi connectivity index (χ3v) is 5.60. The van der Waals surface area contributed by atoms with Crippen LogP contribution in [0.25, 0.3) is 33.6 Å². The zero-order valence-corrected chi connectivity index (χ0v) is 17.7. The number of nitrogens with one attached hydrogen (secondary N) is 1. The van der Waals surface area contributed by atoms with Crippen molar-refractivity contribution in [3.63, 3.8) is 0 Å². The fourth-order valence-corrected chi connectivity index (χ4v) is 4.05. The average Bonchev–Trinajstić information content (AvgIpc) is 3.40. The van der Waals surface area contributed by atoms with E-state index >= 15 is 0 Å². The number of hydrogen-bond acceptors (Lipinski definition) is 4. The van der Waals surface area contributed by atoms with Gasteiger partial charge in [-0.15, -0.1) is 10.2 Å². The predicted octanol–water partition coefficient (Wildman–Crippen LogP) is 5.95. The second kappa shape index (κ2) is 7.69. The molecular weight excluding hydrogens is 408 g/mol. The van der Waals surface area contributed by atoms with Crippen molar-refractivity contribution in [3.8, 4) is 22.7 Å². The highest BCUT2D eigenvalue weighted by molar-refractivity contribution is 6.31. The zero-order valence-electron chi connectivity index (χ0n) is 17.0. The van der Waals surface area contributed by atoms with Crippen molar-refractivity contribution in [2.75, 3.05) is 0 Å². The summed E-state index contributed by atoms with van der Waals surface area (Å²) in [6.45, 7) is 1.90. The Bertz CT molecular complexity index is 1340. The van der Waals surface area contributed by atoms with Gasteiger partial charge in [-0.3, -0.25) is 0 Å². The lowest BCUT2D eigenvalue weighted by molar-refractivity contribution is 0.355. The van der Waals surface area contributed by atoms with Crippen LogP contribution in [0, 0.1) is 0 Å². The Labute approximate surface area is 184 Å². The molecule has 0 aliphatic rings. The number of aromatic amines is 1. The molecule has 2 heterocycles. The molecule has 2 aromatic heterocycles. The van der Waals surface area contributed by atoms with Gasteiger partial charge in [0.25, 0.3) is 5.89 Å². The standard InChI is InChI=1S/C25H21ClN4O/c1-25(27,15-16-8-4-2-5-9-16)24-30-29-23(31-24)22-21(17-10-6-3-7-11-17)19-14-18(26)12-13-20(19)28-22/h2-14,28H,15,27H2,1H3/t25-/m1/s1. The maximum absolute atomic E-state index is 6.58. The van der Waals surface area contributed by atoms with Gasteiger partial charge >= 0.3 is 0 Å². The van der Waals surface area contributed by atoms with Gasteiger partial charge < -0.3 is 15.1 Å². The van der Waals surface area contributed by atoms with Crippen molar-refractivity contribution < 1.29 is 4.42 Å². The van der Waals surface area contributed by atoms with Crippen LogP contribution in [-0.4, -0.2) is 15.2 Å². The van der Waals surface area contributed by atoms with Crippen molar-refractivity contribution in [1.29, 1.82) is 0 Å². The van der Waals surface area contributed by atoms with E-state index in [1.807, 2.05) is 85.8 Å². The Balaban J connectivity index is 1.60. The molecular formula is C25H21ClN4O. The number of nitrogens with zero attached hydrogens (tertiary/aromatic N) is 2. The van der Waals surface area contributed by atoms with E-state index < -0.39 is 5.54 Å². The highest BCUT2D eigenvalue weighted by atomic mass is 35.5. The lowest BCUT2D eigenvalue weighted by atomic mass is 9.94. The summed E-state index contributed by atoms with van der Waals surface area (Å²) >= 11 is 6.29. The first-order valence-corrected chi connectivity index (χ1v) is 10.4. The average molecular weight is 429 g/mol. The minimum Gasteiger partial charge on any atom is -0.417 e. The van der Waals surface area contributed by atoms with E-state index in [-0.39, 0.29) is 0 Å². The molecule has 0 fully saturated rings. The van der Waals surface area contributed by atoms with Crippen LogP contribution in [0.2, 0.25) is 5.02 Å². The molecule has 0 aliphatic carbocycles. The maximum atomic E-state index is 6.58. The normalized spacial score (nSPS) is 13.4. The van der Waals surface area contributed by atoms with E-state index in [4.69, 9.17) is 21.8 Å². The van der Waals surface area contributed by atoms with Gasteiger partial charge in [0.1, 0.15) is 5.69 Å². The van der Waals surface area contributed by atoms with Crippen molar-refractivity contribution in [1.82, 2.24) is 15.2 Å². The quantitative estimate of drug-likeness (QED) is 0.362. The summed E-state index contributed by atoms with van der Waals surface area (Å²) in [5, 5.41) is 10.3. The lowest BCUT2D eigenvalue weighted by Gasteiger charge is -2.20. The van der Waals surface area contributed by atoms with E-state index in [2.05, 4.69) is 15.2 Å². The van der Waals surface area contributed by atoms with E-state index in [1.54, 1.807) is 0 Å². The molecule has 31 heavy (non-hydrogen) atoms. The minimum atomic E-state index is -0.797. The molecule has 1 atom stereocenters. The Morgan fingerprint density at radius 2 is 1.68 bits per heavy atom. The Hall–Kier alpha value is -3.41. The first-order chi connectivity index (χ1) is 15.0. The van der Waals surface area contributed by atoms with Gasteiger partial charge in [0, 0.05) is 21.5 Å². The van der Waals surface area contributed by atoms with Crippen molar-refractivity contribution in [2.45, 2.75) is 18.9 Å². The second-order valence-electron chi connectivity index (χ2n) is 7.92. The van der Waals surface area contributed by atoms with Gasteiger partial charge in [0.05, 0.1) is 5.54 Å². The van der Waals surface area contributed by atoms with Gasteiger partial charge in [-0.1, -0.05) is 72.3 Å². The molecule has 0 saturated carbocycles. The lowest BCUT2D eigenvalue weighted by Crippen LogP contribution is -2.35. The molecule has 0 saturated heterocycles. The van der Waals surface area contributed by atoms with Crippen LogP contribution in [-0.2, 0) is 12.0 Å². The first-order valence-electron chi connectivity index (χ1n) is 10.0. The number of rotatable bonds is 5. The van der Waals surface area contributed by atoms with Crippen LogP contribution in [0.4, 0.5) is 0 Å². The van der Waals surface area contributed by atoms with E-state index in [1.165, 1.54) is 0 Å². The summed E-state index contributed by atoms with van der Waals surface area (Å²) in [4.78, 5) is 3.42. The van der Waals surface area contributed by atoms with Gasteiger partial charge in [0.2, 0.25) is 5.89 Å². The number of H-pyrrole nitrogens is 1. The molecule has 0 unspecified atom stereocenters. The van der Waals surface area contributed by atoms with E-state index in [0.29, 0.717) is 23.2 Å². The van der Waals surface area contributed by atoms with Crippen LogP contribution in [0.5, 0.6) is 0 Å². The van der Waals surface area contributed by atoms with E-state index in [9.17, 15) is 0 Å². The Kier molecular flexibility index (Phi) is 4.85. The molecule has 3 N–H and O–H groups in total.